The standard InChI is InChI=1S/C14H11BrO2/c15-13-3-1-2-12(9-13)11-6-4-10(5-7-11)8-14(16)17/h1-7,9H,8H2,(H,16,17). The lowest BCUT2D eigenvalue weighted by molar-refractivity contribution is -0.136. The average molecular weight is 291 g/mol. The van der Waals surface area contributed by atoms with Crippen LogP contribution in [0.3, 0.4) is 0 Å². The summed E-state index contributed by atoms with van der Waals surface area (Å²) in [6.07, 6.45) is 0.0682. The quantitative estimate of drug-likeness (QED) is 0.935. The molecule has 0 aliphatic carbocycles. The highest BCUT2D eigenvalue weighted by atomic mass is 79.9. The fourth-order valence-electron chi connectivity index (χ4n) is 1.66. The van der Waals surface area contributed by atoms with Crippen molar-refractivity contribution in [1.29, 1.82) is 0 Å². The van der Waals surface area contributed by atoms with Gasteiger partial charge in [0.1, 0.15) is 0 Å². The maximum atomic E-state index is 10.6. The van der Waals surface area contributed by atoms with Crippen LogP contribution in [0, 0.1) is 0 Å². The summed E-state index contributed by atoms with van der Waals surface area (Å²) in [7, 11) is 0. The molecule has 2 rings (SSSR count). The molecule has 0 aliphatic heterocycles. The third kappa shape index (κ3) is 3.17. The second-order valence-corrected chi connectivity index (χ2v) is 4.69. The van der Waals surface area contributed by atoms with Crippen LogP contribution >= 0.6 is 15.9 Å². The van der Waals surface area contributed by atoms with Crippen LogP contribution in [0.5, 0.6) is 0 Å². The van der Waals surface area contributed by atoms with Crippen LogP contribution in [0.4, 0.5) is 0 Å². The number of aliphatic carboxylic acids is 1. The Morgan fingerprint density at radius 1 is 1.06 bits per heavy atom. The predicted octanol–water partition coefficient (Wildman–Crippen LogP) is 3.74. The molecule has 0 saturated heterocycles. The topological polar surface area (TPSA) is 37.3 Å². The first-order valence-corrected chi connectivity index (χ1v) is 6.01. The Bertz CT molecular complexity index is 532. The maximum absolute atomic E-state index is 10.6. The van der Waals surface area contributed by atoms with Crippen molar-refractivity contribution in [2.24, 2.45) is 0 Å². The van der Waals surface area contributed by atoms with Crippen molar-refractivity contribution in [3.05, 3.63) is 58.6 Å². The summed E-state index contributed by atoms with van der Waals surface area (Å²) in [6, 6.07) is 15.6. The van der Waals surface area contributed by atoms with E-state index in [-0.39, 0.29) is 6.42 Å². The van der Waals surface area contributed by atoms with Gasteiger partial charge in [-0.15, -0.1) is 0 Å². The Labute approximate surface area is 108 Å². The van der Waals surface area contributed by atoms with Gasteiger partial charge in [-0.05, 0) is 28.8 Å². The van der Waals surface area contributed by atoms with E-state index in [1.54, 1.807) is 0 Å². The molecule has 0 aliphatic rings. The third-order valence-corrected chi connectivity index (χ3v) is 2.96. The number of rotatable bonds is 3. The van der Waals surface area contributed by atoms with Crippen LogP contribution in [-0.4, -0.2) is 11.1 Å². The average Bonchev–Trinajstić information content (AvgIpc) is 2.29. The van der Waals surface area contributed by atoms with Gasteiger partial charge >= 0.3 is 5.97 Å². The van der Waals surface area contributed by atoms with Crippen LogP contribution in [0.1, 0.15) is 5.56 Å². The number of hydrogen-bond acceptors (Lipinski definition) is 1. The molecule has 0 heterocycles. The van der Waals surface area contributed by atoms with Crippen LogP contribution < -0.4 is 0 Å². The van der Waals surface area contributed by atoms with Crippen molar-refractivity contribution in [1.82, 2.24) is 0 Å². The van der Waals surface area contributed by atoms with E-state index in [1.807, 2.05) is 48.5 Å². The van der Waals surface area contributed by atoms with E-state index in [0.29, 0.717) is 0 Å². The van der Waals surface area contributed by atoms with Gasteiger partial charge in [0.25, 0.3) is 0 Å². The molecule has 0 saturated carbocycles. The van der Waals surface area contributed by atoms with Crippen LogP contribution in [-0.2, 0) is 11.2 Å². The molecule has 2 nitrogen and oxygen atoms in total. The summed E-state index contributed by atoms with van der Waals surface area (Å²) in [5.74, 6) is -0.805. The Balaban J connectivity index is 2.26. The van der Waals surface area contributed by atoms with Gasteiger partial charge in [-0.3, -0.25) is 4.79 Å². The van der Waals surface area contributed by atoms with E-state index in [1.165, 1.54) is 0 Å². The fourth-order valence-corrected chi connectivity index (χ4v) is 2.06. The third-order valence-electron chi connectivity index (χ3n) is 2.47. The van der Waals surface area contributed by atoms with Crippen LogP contribution in [0.25, 0.3) is 11.1 Å². The highest BCUT2D eigenvalue weighted by molar-refractivity contribution is 9.10. The van der Waals surface area contributed by atoms with Gasteiger partial charge < -0.3 is 5.11 Å². The molecule has 0 atom stereocenters. The summed E-state index contributed by atoms with van der Waals surface area (Å²) in [5, 5.41) is 8.68. The molecule has 2 aromatic rings. The van der Waals surface area contributed by atoms with E-state index in [0.717, 1.165) is 21.2 Å². The largest absolute Gasteiger partial charge is 0.481 e. The Morgan fingerprint density at radius 3 is 2.35 bits per heavy atom. The SMILES string of the molecule is O=C(O)Cc1ccc(-c2cccc(Br)c2)cc1. The number of halogens is 1. The highest BCUT2D eigenvalue weighted by Crippen LogP contribution is 2.23. The van der Waals surface area contributed by atoms with Gasteiger partial charge in [-0.1, -0.05) is 52.3 Å². The summed E-state index contributed by atoms with van der Waals surface area (Å²) in [6.45, 7) is 0. The first-order valence-electron chi connectivity index (χ1n) is 5.22. The second kappa shape index (κ2) is 5.15. The monoisotopic (exact) mass is 290 g/mol. The smallest absolute Gasteiger partial charge is 0.307 e. The second-order valence-electron chi connectivity index (χ2n) is 3.78. The molecule has 0 amide bonds. The molecule has 86 valence electrons. The van der Waals surface area contributed by atoms with Crippen molar-refractivity contribution < 1.29 is 9.90 Å². The van der Waals surface area contributed by atoms with Crippen LogP contribution in [0.2, 0.25) is 0 Å². The van der Waals surface area contributed by atoms with Gasteiger partial charge in [0.15, 0.2) is 0 Å². The number of carboxylic acids is 1. The fraction of sp³-hybridized carbons (Fsp3) is 0.0714. The van der Waals surface area contributed by atoms with E-state index in [2.05, 4.69) is 15.9 Å². The van der Waals surface area contributed by atoms with Gasteiger partial charge in [-0.25, -0.2) is 0 Å². The number of carboxylic acid groups (broad SMARTS) is 1. The summed E-state index contributed by atoms with van der Waals surface area (Å²) in [4.78, 5) is 10.6. The molecule has 0 aromatic heterocycles. The van der Waals surface area contributed by atoms with Gasteiger partial charge in [0.2, 0.25) is 0 Å². The number of carbonyl (C=O) groups is 1. The first kappa shape index (κ1) is 11.9. The van der Waals surface area contributed by atoms with Gasteiger partial charge in [0, 0.05) is 4.47 Å². The molecule has 3 heteroatoms. The zero-order valence-corrected chi connectivity index (χ0v) is 10.6. The first-order chi connectivity index (χ1) is 8.15. The number of benzene rings is 2. The summed E-state index contributed by atoms with van der Waals surface area (Å²) < 4.78 is 1.03. The molecule has 0 fully saturated rings. The van der Waals surface area contributed by atoms with Crippen molar-refractivity contribution in [2.45, 2.75) is 6.42 Å². The molecule has 2 aromatic carbocycles. The van der Waals surface area contributed by atoms with E-state index < -0.39 is 5.97 Å². The maximum Gasteiger partial charge on any atom is 0.307 e. The highest BCUT2D eigenvalue weighted by Gasteiger charge is 2.02. The molecular formula is C14H11BrO2. The molecule has 0 bridgehead atoms. The van der Waals surface area contributed by atoms with Gasteiger partial charge in [0.05, 0.1) is 6.42 Å². The minimum absolute atomic E-state index is 0.0682. The van der Waals surface area contributed by atoms with E-state index in [9.17, 15) is 4.79 Å². The zero-order valence-electron chi connectivity index (χ0n) is 9.06. The Kier molecular flexibility index (Phi) is 3.59. The van der Waals surface area contributed by atoms with E-state index in [4.69, 9.17) is 5.11 Å². The molecule has 17 heavy (non-hydrogen) atoms. The lowest BCUT2D eigenvalue weighted by Gasteiger charge is -2.03. The predicted molar refractivity (Wildman–Crippen MR) is 70.9 cm³/mol. The van der Waals surface area contributed by atoms with E-state index >= 15 is 0 Å². The van der Waals surface area contributed by atoms with Crippen molar-refractivity contribution >= 4 is 21.9 Å². The normalized spacial score (nSPS) is 10.2. The van der Waals surface area contributed by atoms with Crippen molar-refractivity contribution in [3.63, 3.8) is 0 Å². The molecular weight excluding hydrogens is 280 g/mol. The Morgan fingerprint density at radius 2 is 1.76 bits per heavy atom. The zero-order chi connectivity index (χ0) is 12.3. The number of hydrogen-bond donors (Lipinski definition) is 1. The molecule has 1 N–H and O–H groups in total. The summed E-state index contributed by atoms with van der Waals surface area (Å²) >= 11 is 3.43. The van der Waals surface area contributed by atoms with Crippen LogP contribution in [0.15, 0.2) is 53.0 Å². The summed E-state index contributed by atoms with van der Waals surface area (Å²) in [5.41, 5.74) is 3.01. The Hall–Kier alpha value is -1.61. The lowest BCUT2D eigenvalue weighted by atomic mass is 10.0. The lowest BCUT2D eigenvalue weighted by Crippen LogP contribution is -1.99. The van der Waals surface area contributed by atoms with Gasteiger partial charge in [-0.2, -0.15) is 0 Å². The molecule has 0 unspecified atom stereocenters. The minimum atomic E-state index is -0.805. The minimum Gasteiger partial charge on any atom is -0.481 e. The molecule has 0 spiro atoms. The molecule has 0 radical (unpaired) electrons. The van der Waals surface area contributed by atoms with Crippen molar-refractivity contribution in [3.8, 4) is 11.1 Å². The van der Waals surface area contributed by atoms with Crippen molar-refractivity contribution in [2.75, 3.05) is 0 Å².